The van der Waals surface area contributed by atoms with Gasteiger partial charge in [-0.15, -0.1) is 0 Å². The molecule has 1 unspecified atom stereocenters. The van der Waals surface area contributed by atoms with E-state index >= 15 is 0 Å². The van der Waals surface area contributed by atoms with Crippen LogP contribution in [0.5, 0.6) is 0 Å². The van der Waals surface area contributed by atoms with Crippen LogP contribution in [0.1, 0.15) is 33.9 Å². The highest BCUT2D eigenvalue weighted by Gasteiger charge is 2.31. The van der Waals surface area contributed by atoms with Crippen molar-refractivity contribution in [2.45, 2.75) is 23.8 Å². The molecule has 1 aliphatic carbocycles. The second kappa shape index (κ2) is 6.55. The van der Waals surface area contributed by atoms with E-state index in [1.165, 1.54) is 19.2 Å². The van der Waals surface area contributed by atoms with E-state index in [1.54, 1.807) is 24.3 Å². The lowest BCUT2D eigenvalue weighted by Gasteiger charge is -2.15. The minimum Gasteiger partial charge on any atom is -0.465 e. The summed E-state index contributed by atoms with van der Waals surface area (Å²) < 4.78 is 32.7. The molecular formula is C17H16ClNO4S. The SMILES string of the molecule is COC(=O)c1cccc2c1CCC2NS(=O)(=O)c1ccccc1Cl. The van der Waals surface area contributed by atoms with Gasteiger partial charge in [0.1, 0.15) is 4.90 Å². The van der Waals surface area contributed by atoms with E-state index in [4.69, 9.17) is 16.3 Å². The van der Waals surface area contributed by atoms with Crippen molar-refractivity contribution in [3.63, 3.8) is 0 Å². The lowest BCUT2D eigenvalue weighted by Crippen LogP contribution is -2.27. The number of carbonyl (C=O) groups excluding carboxylic acids is 1. The van der Waals surface area contributed by atoms with Crippen LogP contribution in [0.25, 0.3) is 0 Å². The molecule has 0 amide bonds. The smallest absolute Gasteiger partial charge is 0.338 e. The molecule has 1 N–H and O–H groups in total. The molecule has 7 heteroatoms. The standard InChI is InChI=1S/C17H16ClNO4S/c1-23-17(20)13-6-4-5-12-11(13)9-10-15(12)19-24(21,22)16-8-3-2-7-14(16)18/h2-8,15,19H,9-10H2,1H3. The van der Waals surface area contributed by atoms with Gasteiger partial charge in [-0.1, -0.05) is 35.9 Å². The number of hydrogen-bond donors (Lipinski definition) is 1. The zero-order chi connectivity index (χ0) is 17.3. The molecule has 0 saturated heterocycles. The molecule has 0 fully saturated rings. The maximum atomic E-state index is 12.6. The number of sulfonamides is 1. The molecule has 1 atom stereocenters. The quantitative estimate of drug-likeness (QED) is 0.845. The first-order valence-corrected chi connectivity index (χ1v) is 9.27. The Bertz CT molecular complexity index is 895. The van der Waals surface area contributed by atoms with Crippen molar-refractivity contribution in [2.24, 2.45) is 0 Å². The minimum atomic E-state index is -3.75. The second-order valence-corrected chi connectivity index (χ2v) is 7.60. The van der Waals surface area contributed by atoms with Crippen LogP contribution in [-0.4, -0.2) is 21.5 Å². The molecule has 0 radical (unpaired) electrons. The Morgan fingerprint density at radius 1 is 1.21 bits per heavy atom. The second-order valence-electron chi connectivity index (χ2n) is 5.51. The van der Waals surface area contributed by atoms with Gasteiger partial charge in [-0.2, -0.15) is 0 Å². The van der Waals surface area contributed by atoms with Crippen LogP contribution >= 0.6 is 11.6 Å². The van der Waals surface area contributed by atoms with Crippen molar-refractivity contribution in [3.8, 4) is 0 Å². The molecule has 126 valence electrons. The van der Waals surface area contributed by atoms with Crippen LogP contribution in [0.3, 0.4) is 0 Å². The molecule has 0 aromatic heterocycles. The van der Waals surface area contributed by atoms with Crippen LogP contribution in [0.15, 0.2) is 47.4 Å². The van der Waals surface area contributed by atoms with Gasteiger partial charge in [0, 0.05) is 6.04 Å². The highest BCUT2D eigenvalue weighted by atomic mass is 35.5. The number of carbonyl (C=O) groups is 1. The van der Waals surface area contributed by atoms with Crippen LogP contribution < -0.4 is 4.72 Å². The summed E-state index contributed by atoms with van der Waals surface area (Å²) in [4.78, 5) is 11.9. The van der Waals surface area contributed by atoms with Gasteiger partial charge in [0.15, 0.2) is 0 Å². The third kappa shape index (κ3) is 3.05. The van der Waals surface area contributed by atoms with E-state index in [0.29, 0.717) is 18.4 Å². The van der Waals surface area contributed by atoms with Crippen molar-refractivity contribution in [1.82, 2.24) is 4.72 Å². The number of benzene rings is 2. The predicted molar refractivity (Wildman–Crippen MR) is 90.6 cm³/mol. The zero-order valence-electron chi connectivity index (χ0n) is 13.0. The predicted octanol–water partition coefficient (Wildman–Crippen LogP) is 3.09. The number of halogens is 1. The summed E-state index contributed by atoms with van der Waals surface area (Å²) in [6, 6.07) is 11.1. The number of nitrogens with one attached hydrogen (secondary N) is 1. The topological polar surface area (TPSA) is 72.5 Å². The van der Waals surface area contributed by atoms with Crippen molar-refractivity contribution >= 4 is 27.6 Å². The van der Waals surface area contributed by atoms with Gasteiger partial charge in [-0.25, -0.2) is 17.9 Å². The van der Waals surface area contributed by atoms with Crippen molar-refractivity contribution in [3.05, 3.63) is 64.2 Å². The van der Waals surface area contributed by atoms with E-state index in [0.717, 1.165) is 11.1 Å². The lowest BCUT2D eigenvalue weighted by atomic mass is 10.0. The Morgan fingerprint density at radius 2 is 1.96 bits per heavy atom. The number of hydrogen-bond acceptors (Lipinski definition) is 4. The average Bonchev–Trinajstić information content (AvgIpc) is 2.97. The van der Waals surface area contributed by atoms with Gasteiger partial charge in [-0.05, 0) is 42.2 Å². The summed E-state index contributed by atoms with van der Waals surface area (Å²) in [5.74, 6) is -0.415. The van der Waals surface area contributed by atoms with Gasteiger partial charge in [0.25, 0.3) is 0 Å². The van der Waals surface area contributed by atoms with Gasteiger partial charge >= 0.3 is 5.97 Å². The molecule has 24 heavy (non-hydrogen) atoms. The molecule has 5 nitrogen and oxygen atoms in total. The normalized spacial score (nSPS) is 16.7. The summed E-state index contributed by atoms with van der Waals surface area (Å²) in [6.07, 6.45) is 1.18. The molecule has 1 aliphatic rings. The van der Waals surface area contributed by atoms with Crippen molar-refractivity contribution < 1.29 is 17.9 Å². The summed E-state index contributed by atoms with van der Waals surface area (Å²) >= 11 is 6.00. The Hall–Kier alpha value is -1.89. The van der Waals surface area contributed by atoms with E-state index in [1.807, 2.05) is 6.07 Å². The van der Waals surface area contributed by atoms with Gasteiger partial charge in [0.2, 0.25) is 10.0 Å². The minimum absolute atomic E-state index is 0.0456. The number of rotatable bonds is 4. The van der Waals surface area contributed by atoms with E-state index in [2.05, 4.69) is 4.72 Å². The lowest BCUT2D eigenvalue weighted by molar-refractivity contribution is 0.0599. The van der Waals surface area contributed by atoms with Crippen LogP contribution in [-0.2, 0) is 21.2 Å². The molecule has 0 spiro atoms. The van der Waals surface area contributed by atoms with Crippen LogP contribution in [0.4, 0.5) is 0 Å². The first-order valence-electron chi connectivity index (χ1n) is 7.41. The molecule has 2 aromatic carbocycles. The van der Waals surface area contributed by atoms with E-state index in [9.17, 15) is 13.2 Å². The average molecular weight is 366 g/mol. The van der Waals surface area contributed by atoms with Gasteiger partial charge in [0.05, 0.1) is 17.7 Å². The molecular weight excluding hydrogens is 350 g/mol. The molecule has 0 bridgehead atoms. The molecule has 3 rings (SSSR count). The molecule has 0 saturated carbocycles. The Kier molecular flexibility index (Phi) is 4.62. The largest absolute Gasteiger partial charge is 0.465 e. The van der Waals surface area contributed by atoms with Crippen molar-refractivity contribution in [1.29, 1.82) is 0 Å². The summed E-state index contributed by atoms with van der Waals surface area (Å²) in [5, 5.41) is 0.173. The Balaban J connectivity index is 1.93. The van der Waals surface area contributed by atoms with Gasteiger partial charge < -0.3 is 4.74 Å². The van der Waals surface area contributed by atoms with Crippen LogP contribution in [0, 0.1) is 0 Å². The van der Waals surface area contributed by atoms with E-state index in [-0.39, 0.29) is 9.92 Å². The third-order valence-electron chi connectivity index (χ3n) is 4.10. The monoisotopic (exact) mass is 365 g/mol. The highest BCUT2D eigenvalue weighted by molar-refractivity contribution is 7.89. The fourth-order valence-corrected chi connectivity index (χ4v) is 4.76. The number of ether oxygens (including phenoxy) is 1. The number of methoxy groups -OCH3 is 1. The fraction of sp³-hybridized carbons (Fsp3) is 0.235. The summed E-state index contributed by atoms with van der Waals surface area (Å²) in [7, 11) is -2.43. The molecule has 0 heterocycles. The first kappa shape index (κ1) is 17.0. The van der Waals surface area contributed by atoms with Crippen molar-refractivity contribution in [2.75, 3.05) is 7.11 Å². The first-order chi connectivity index (χ1) is 11.4. The van der Waals surface area contributed by atoms with E-state index < -0.39 is 22.0 Å². The Labute approximate surface area is 145 Å². The zero-order valence-corrected chi connectivity index (χ0v) is 14.5. The maximum Gasteiger partial charge on any atom is 0.338 e. The van der Waals surface area contributed by atoms with Crippen LogP contribution in [0.2, 0.25) is 5.02 Å². The van der Waals surface area contributed by atoms with Gasteiger partial charge in [-0.3, -0.25) is 0 Å². The third-order valence-corrected chi connectivity index (χ3v) is 6.07. The molecule has 2 aromatic rings. The maximum absolute atomic E-state index is 12.6. The highest BCUT2D eigenvalue weighted by Crippen LogP contribution is 2.35. The summed E-state index contributed by atoms with van der Waals surface area (Å²) in [5.41, 5.74) is 2.11. The number of esters is 1. The fourth-order valence-electron chi connectivity index (χ4n) is 2.99. The Morgan fingerprint density at radius 3 is 2.67 bits per heavy atom. The number of fused-ring (bicyclic) bond motifs is 1. The molecule has 0 aliphatic heterocycles. The summed E-state index contributed by atoms with van der Waals surface area (Å²) in [6.45, 7) is 0.